The van der Waals surface area contributed by atoms with Crippen LogP contribution in [0.3, 0.4) is 0 Å². The largest absolute Gasteiger partial charge is 0.502 e. The maximum absolute atomic E-state index is 10.2. The SMILES string of the molecule is O=c1occcc1O.[Cu]. The van der Waals surface area contributed by atoms with E-state index in [4.69, 9.17) is 5.11 Å². The Balaban J connectivity index is 0.000000640. The van der Waals surface area contributed by atoms with E-state index in [0.717, 1.165) is 0 Å². The molecule has 4 heteroatoms. The molecule has 0 unspecified atom stereocenters. The summed E-state index contributed by atoms with van der Waals surface area (Å²) in [7, 11) is 0. The van der Waals surface area contributed by atoms with Crippen LogP contribution >= 0.6 is 0 Å². The van der Waals surface area contributed by atoms with Crippen molar-refractivity contribution in [2.24, 2.45) is 0 Å². The van der Waals surface area contributed by atoms with Gasteiger partial charge in [0.2, 0.25) is 5.75 Å². The molecule has 0 atom stereocenters. The van der Waals surface area contributed by atoms with Crippen molar-refractivity contribution >= 4 is 0 Å². The van der Waals surface area contributed by atoms with Crippen LogP contribution in [-0.2, 0) is 17.1 Å². The van der Waals surface area contributed by atoms with E-state index in [1.54, 1.807) is 0 Å². The van der Waals surface area contributed by atoms with Crippen molar-refractivity contribution in [1.82, 2.24) is 0 Å². The third kappa shape index (κ3) is 1.91. The van der Waals surface area contributed by atoms with Crippen LogP contribution < -0.4 is 5.63 Å². The number of rotatable bonds is 0. The van der Waals surface area contributed by atoms with Crippen LogP contribution in [0.5, 0.6) is 5.75 Å². The predicted octanol–water partition coefficient (Wildman–Crippen LogP) is 0.343. The van der Waals surface area contributed by atoms with Gasteiger partial charge in [-0.15, -0.1) is 0 Å². The van der Waals surface area contributed by atoms with E-state index >= 15 is 0 Å². The molecule has 0 aliphatic heterocycles. The zero-order chi connectivity index (χ0) is 5.98. The van der Waals surface area contributed by atoms with Gasteiger partial charge in [-0.1, -0.05) is 0 Å². The molecule has 0 saturated carbocycles. The predicted molar refractivity (Wildman–Crippen MR) is 26.6 cm³/mol. The minimum absolute atomic E-state index is 0. The van der Waals surface area contributed by atoms with Gasteiger partial charge < -0.3 is 9.52 Å². The summed E-state index contributed by atoms with van der Waals surface area (Å²) >= 11 is 0. The van der Waals surface area contributed by atoms with Crippen LogP contribution in [0.2, 0.25) is 0 Å². The van der Waals surface area contributed by atoms with Crippen molar-refractivity contribution in [1.29, 1.82) is 0 Å². The molecule has 0 fully saturated rings. The van der Waals surface area contributed by atoms with E-state index in [-0.39, 0.29) is 22.8 Å². The first-order chi connectivity index (χ1) is 3.80. The van der Waals surface area contributed by atoms with Gasteiger partial charge >= 0.3 is 5.63 Å². The van der Waals surface area contributed by atoms with E-state index in [1.807, 2.05) is 0 Å². The summed E-state index contributed by atoms with van der Waals surface area (Å²) in [4.78, 5) is 10.2. The molecule has 9 heavy (non-hydrogen) atoms. The van der Waals surface area contributed by atoms with Crippen molar-refractivity contribution in [2.45, 2.75) is 0 Å². The van der Waals surface area contributed by atoms with E-state index < -0.39 is 5.63 Å². The molecule has 1 radical (unpaired) electrons. The molecule has 1 rings (SSSR count). The summed E-state index contributed by atoms with van der Waals surface area (Å²) in [5, 5.41) is 8.51. The zero-order valence-corrected chi connectivity index (χ0v) is 5.24. The Labute approximate surface area is 61.8 Å². The van der Waals surface area contributed by atoms with Crippen molar-refractivity contribution in [3.8, 4) is 5.75 Å². The van der Waals surface area contributed by atoms with Crippen LogP contribution in [0.25, 0.3) is 0 Å². The van der Waals surface area contributed by atoms with Crippen LogP contribution in [0.1, 0.15) is 0 Å². The summed E-state index contributed by atoms with van der Waals surface area (Å²) in [6.07, 6.45) is 1.21. The molecule has 0 spiro atoms. The number of aromatic hydroxyl groups is 1. The Kier molecular flexibility index (Phi) is 3.06. The normalized spacial score (nSPS) is 8.00. The van der Waals surface area contributed by atoms with Gasteiger partial charge in [-0.3, -0.25) is 0 Å². The third-order valence-electron chi connectivity index (χ3n) is 0.717. The fourth-order valence-electron chi connectivity index (χ4n) is 0.360. The monoisotopic (exact) mass is 175 g/mol. The van der Waals surface area contributed by atoms with E-state index in [9.17, 15) is 4.79 Å². The van der Waals surface area contributed by atoms with Crippen molar-refractivity contribution in [2.75, 3.05) is 0 Å². The minimum Gasteiger partial charge on any atom is -0.502 e. The average Bonchev–Trinajstić information content (AvgIpc) is 1.77. The molecule has 1 aromatic heterocycles. The van der Waals surface area contributed by atoms with Crippen LogP contribution in [0.15, 0.2) is 27.6 Å². The molecule has 1 N–H and O–H groups in total. The van der Waals surface area contributed by atoms with Gasteiger partial charge in [0.1, 0.15) is 0 Å². The van der Waals surface area contributed by atoms with Crippen LogP contribution in [-0.4, -0.2) is 5.11 Å². The number of hydrogen-bond acceptors (Lipinski definition) is 3. The molecule has 0 saturated heterocycles. The second-order valence-electron chi connectivity index (χ2n) is 1.29. The third-order valence-corrected chi connectivity index (χ3v) is 0.717. The first kappa shape index (κ1) is 8.27. The second kappa shape index (κ2) is 3.33. The van der Waals surface area contributed by atoms with Gasteiger partial charge in [-0.2, -0.15) is 0 Å². The topological polar surface area (TPSA) is 50.4 Å². The first-order valence-electron chi connectivity index (χ1n) is 2.07. The molecule has 53 valence electrons. The molecule has 0 aliphatic carbocycles. The molecular weight excluding hydrogens is 172 g/mol. The van der Waals surface area contributed by atoms with Gasteiger partial charge in [0.05, 0.1) is 6.26 Å². The molecule has 0 amide bonds. The molecule has 1 aromatic rings. The van der Waals surface area contributed by atoms with E-state index in [1.165, 1.54) is 18.4 Å². The molecule has 0 bridgehead atoms. The summed E-state index contributed by atoms with van der Waals surface area (Å²) in [5.74, 6) is -0.354. The quantitative estimate of drug-likeness (QED) is 0.579. The van der Waals surface area contributed by atoms with Crippen molar-refractivity contribution in [3.05, 3.63) is 28.8 Å². The standard InChI is InChI=1S/C5H4O3.Cu/c6-4-2-1-3-8-5(4)7;/h1-3,6H;. The summed E-state index contributed by atoms with van der Waals surface area (Å²) in [5.41, 5.74) is -0.701. The Morgan fingerprint density at radius 3 is 2.56 bits per heavy atom. The second-order valence-corrected chi connectivity index (χ2v) is 1.29. The Morgan fingerprint density at radius 2 is 2.22 bits per heavy atom. The van der Waals surface area contributed by atoms with E-state index in [0.29, 0.717) is 0 Å². The summed E-state index contributed by atoms with van der Waals surface area (Å²) in [6, 6.07) is 2.71. The van der Waals surface area contributed by atoms with Crippen molar-refractivity contribution < 1.29 is 26.6 Å². The molecule has 1 heterocycles. The van der Waals surface area contributed by atoms with Gasteiger partial charge in [-0.05, 0) is 12.1 Å². The Bertz CT molecular complexity index is 230. The fraction of sp³-hybridized carbons (Fsp3) is 0. The van der Waals surface area contributed by atoms with Gasteiger partial charge in [0, 0.05) is 17.1 Å². The Morgan fingerprint density at radius 1 is 1.56 bits per heavy atom. The Hall–Kier alpha value is -0.731. The number of hydrogen-bond donors (Lipinski definition) is 1. The maximum atomic E-state index is 10.2. The zero-order valence-electron chi connectivity index (χ0n) is 4.30. The molecule has 0 aromatic carbocycles. The molecule has 3 nitrogen and oxygen atoms in total. The summed E-state index contributed by atoms with van der Waals surface area (Å²) in [6.45, 7) is 0. The molecular formula is C5H4CuO3. The smallest absolute Gasteiger partial charge is 0.378 e. The van der Waals surface area contributed by atoms with Crippen molar-refractivity contribution in [3.63, 3.8) is 0 Å². The minimum atomic E-state index is -0.701. The van der Waals surface area contributed by atoms with Gasteiger partial charge in [-0.25, -0.2) is 4.79 Å². The average molecular weight is 176 g/mol. The van der Waals surface area contributed by atoms with Crippen LogP contribution in [0.4, 0.5) is 0 Å². The van der Waals surface area contributed by atoms with Crippen LogP contribution in [0, 0.1) is 0 Å². The van der Waals surface area contributed by atoms with Gasteiger partial charge in [0.25, 0.3) is 0 Å². The fourth-order valence-corrected chi connectivity index (χ4v) is 0.360. The van der Waals surface area contributed by atoms with E-state index in [2.05, 4.69) is 4.42 Å². The van der Waals surface area contributed by atoms with Gasteiger partial charge in [0.15, 0.2) is 0 Å². The molecule has 0 aliphatic rings. The maximum Gasteiger partial charge on any atom is 0.378 e. The first-order valence-corrected chi connectivity index (χ1v) is 2.07. The summed E-state index contributed by atoms with van der Waals surface area (Å²) < 4.78 is 4.25.